The Morgan fingerprint density at radius 2 is 2.13 bits per heavy atom. The zero-order valence-electron chi connectivity index (χ0n) is 8.27. The Balaban J connectivity index is 2.34. The fourth-order valence-corrected chi connectivity index (χ4v) is 2.00. The van der Waals surface area contributed by atoms with E-state index in [2.05, 4.69) is 0 Å². The third kappa shape index (κ3) is 2.07. The SMILES string of the molecule is COc1cccc(C(=O)c2cccs2)c1. The van der Waals surface area contributed by atoms with Crippen molar-refractivity contribution in [2.75, 3.05) is 7.11 Å². The van der Waals surface area contributed by atoms with Crippen LogP contribution in [0.4, 0.5) is 0 Å². The molecule has 1 aromatic carbocycles. The Bertz CT molecular complexity index is 460. The molecule has 0 N–H and O–H groups in total. The molecule has 2 nitrogen and oxygen atoms in total. The number of ether oxygens (including phenoxy) is 1. The Morgan fingerprint density at radius 3 is 2.80 bits per heavy atom. The van der Waals surface area contributed by atoms with Crippen molar-refractivity contribution in [2.45, 2.75) is 0 Å². The van der Waals surface area contributed by atoms with E-state index >= 15 is 0 Å². The Hall–Kier alpha value is -1.61. The van der Waals surface area contributed by atoms with Crippen LogP contribution in [0.5, 0.6) is 5.75 Å². The summed E-state index contributed by atoms with van der Waals surface area (Å²) in [7, 11) is 1.59. The maximum absolute atomic E-state index is 11.9. The number of benzene rings is 1. The lowest BCUT2D eigenvalue weighted by molar-refractivity contribution is 0.104. The van der Waals surface area contributed by atoms with Crippen LogP contribution in [-0.4, -0.2) is 12.9 Å². The molecule has 0 atom stereocenters. The van der Waals surface area contributed by atoms with Gasteiger partial charge in [0.2, 0.25) is 5.78 Å². The summed E-state index contributed by atoms with van der Waals surface area (Å²) in [6.07, 6.45) is 0. The lowest BCUT2D eigenvalue weighted by atomic mass is 10.1. The summed E-state index contributed by atoms with van der Waals surface area (Å²) < 4.78 is 5.07. The van der Waals surface area contributed by atoms with Gasteiger partial charge in [-0.1, -0.05) is 18.2 Å². The second-order valence-electron chi connectivity index (χ2n) is 3.04. The molecule has 0 bridgehead atoms. The number of hydrogen-bond acceptors (Lipinski definition) is 3. The van der Waals surface area contributed by atoms with E-state index in [0.29, 0.717) is 11.3 Å². The molecule has 15 heavy (non-hydrogen) atoms. The van der Waals surface area contributed by atoms with Crippen molar-refractivity contribution < 1.29 is 9.53 Å². The average molecular weight is 218 g/mol. The molecule has 0 aliphatic rings. The van der Waals surface area contributed by atoms with E-state index in [1.54, 1.807) is 19.2 Å². The fourth-order valence-electron chi connectivity index (χ4n) is 1.31. The maximum Gasteiger partial charge on any atom is 0.203 e. The number of carbonyl (C=O) groups is 1. The van der Waals surface area contributed by atoms with Gasteiger partial charge in [-0.05, 0) is 23.6 Å². The molecule has 0 fully saturated rings. The van der Waals surface area contributed by atoms with E-state index in [0.717, 1.165) is 4.88 Å². The Labute approximate surface area is 92.1 Å². The van der Waals surface area contributed by atoms with Crippen molar-refractivity contribution in [2.24, 2.45) is 0 Å². The van der Waals surface area contributed by atoms with Crippen LogP contribution >= 0.6 is 11.3 Å². The third-order valence-electron chi connectivity index (χ3n) is 2.08. The summed E-state index contributed by atoms with van der Waals surface area (Å²) in [5, 5.41) is 1.90. The first-order valence-electron chi connectivity index (χ1n) is 4.53. The molecule has 0 unspecified atom stereocenters. The minimum atomic E-state index is 0.0453. The predicted molar refractivity (Wildman–Crippen MR) is 60.7 cm³/mol. The Kier molecular flexibility index (Phi) is 2.83. The summed E-state index contributed by atoms with van der Waals surface area (Å²) >= 11 is 1.45. The van der Waals surface area contributed by atoms with Gasteiger partial charge < -0.3 is 4.74 Å². The number of methoxy groups -OCH3 is 1. The van der Waals surface area contributed by atoms with Crippen LogP contribution in [0, 0.1) is 0 Å². The molecule has 76 valence electrons. The lowest BCUT2D eigenvalue weighted by Crippen LogP contribution is -1.98. The molecule has 0 amide bonds. The minimum absolute atomic E-state index is 0.0453. The largest absolute Gasteiger partial charge is 0.497 e. The van der Waals surface area contributed by atoms with Crippen molar-refractivity contribution in [1.82, 2.24) is 0 Å². The van der Waals surface area contributed by atoms with Gasteiger partial charge in [0.25, 0.3) is 0 Å². The number of rotatable bonds is 3. The lowest BCUT2D eigenvalue weighted by Gasteiger charge is -2.01. The number of thiophene rings is 1. The molecule has 0 radical (unpaired) electrons. The number of carbonyl (C=O) groups excluding carboxylic acids is 1. The number of ketones is 1. The summed E-state index contributed by atoms with van der Waals surface area (Å²) in [6, 6.07) is 10.9. The van der Waals surface area contributed by atoms with Crippen LogP contribution in [0.1, 0.15) is 15.2 Å². The van der Waals surface area contributed by atoms with E-state index in [4.69, 9.17) is 4.74 Å². The van der Waals surface area contributed by atoms with Crippen molar-refractivity contribution in [1.29, 1.82) is 0 Å². The van der Waals surface area contributed by atoms with Crippen LogP contribution in [0.2, 0.25) is 0 Å². The molecule has 2 aromatic rings. The second-order valence-corrected chi connectivity index (χ2v) is 3.99. The first-order valence-corrected chi connectivity index (χ1v) is 5.41. The molecular formula is C12H10O2S. The van der Waals surface area contributed by atoms with E-state index in [1.807, 2.05) is 29.6 Å². The van der Waals surface area contributed by atoms with Gasteiger partial charge in [-0.25, -0.2) is 0 Å². The van der Waals surface area contributed by atoms with Gasteiger partial charge >= 0.3 is 0 Å². The highest BCUT2D eigenvalue weighted by molar-refractivity contribution is 7.12. The zero-order chi connectivity index (χ0) is 10.7. The van der Waals surface area contributed by atoms with Crippen LogP contribution in [0.15, 0.2) is 41.8 Å². The second kappa shape index (κ2) is 4.28. The van der Waals surface area contributed by atoms with Crippen molar-refractivity contribution in [3.05, 3.63) is 52.2 Å². The average Bonchev–Trinajstić information content (AvgIpc) is 2.81. The van der Waals surface area contributed by atoms with Gasteiger partial charge in [0.1, 0.15) is 5.75 Å². The highest BCUT2D eigenvalue weighted by Crippen LogP contribution is 2.18. The van der Waals surface area contributed by atoms with E-state index in [9.17, 15) is 4.79 Å². The molecule has 0 aliphatic carbocycles. The first kappa shape index (κ1) is 9.93. The molecule has 0 saturated carbocycles. The van der Waals surface area contributed by atoms with Gasteiger partial charge in [0.15, 0.2) is 0 Å². The number of hydrogen-bond donors (Lipinski definition) is 0. The zero-order valence-corrected chi connectivity index (χ0v) is 9.08. The van der Waals surface area contributed by atoms with Gasteiger partial charge in [-0.2, -0.15) is 0 Å². The summed E-state index contributed by atoms with van der Waals surface area (Å²) in [5.41, 5.74) is 0.664. The van der Waals surface area contributed by atoms with Crippen LogP contribution < -0.4 is 4.74 Å². The van der Waals surface area contributed by atoms with Gasteiger partial charge in [-0.15, -0.1) is 11.3 Å². The minimum Gasteiger partial charge on any atom is -0.497 e. The van der Waals surface area contributed by atoms with Crippen LogP contribution in [0.3, 0.4) is 0 Å². The molecule has 2 rings (SSSR count). The molecule has 1 aromatic heterocycles. The van der Waals surface area contributed by atoms with Crippen molar-refractivity contribution in [3.63, 3.8) is 0 Å². The first-order chi connectivity index (χ1) is 7.31. The topological polar surface area (TPSA) is 26.3 Å². The van der Waals surface area contributed by atoms with E-state index < -0.39 is 0 Å². The smallest absolute Gasteiger partial charge is 0.203 e. The highest BCUT2D eigenvalue weighted by Gasteiger charge is 2.09. The monoisotopic (exact) mass is 218 g/mol. The van der Waals surface area contributed by atoms with Gasteiger partial charge in [0, 0.05) is 5.56 Å². The highest BCUT2D eigenvalue weighted by atomic mass is 32.1. The maximum atomic E-state index is 11.9. The van der Waals surface area contributed by atoms with Gasteiger partial charge in [0.05, 0.1) is 12.0 Å². The molecule has 3 heteroatoms. The summed E-state index contributed by atoms with van der Waals surface area (Å²) in [5.74, 6) is 0.751. The quantitative estimate of drug-likeness (QED) is 0.740. The molecule has 0 aliphatic heterocycles. The third-order valence-corrected chi connectivity index (χ3v) is 2.95. The van der Waals surface area contributed by atoms with E-state index in [1.165, 1.54) is 11.3 Å². The summed E-state index contributed by atoms with van der Waals surface area (Å²) in [6.45, 7) is 0. The van der Waals surface area contributed by atoms with Crippen molar-refractivity contribution in [3.8, 4) is 5.75 Å². The Morgan fingerprint density at radius 1 is 1.27 bits per heavy atom. The summed E-state index contributed by atoms with van der Waals surface area (Å²) in [4.78, 5) is 12.7. The molecule has 1 heterocycles. The molecule has 0 spiro atoms. The normalized spacial score (nSPS) is 9.93. The fraction of sp³-hybridized carbons (Fsp3) is 0.0833. The standard InChI is InChI=1S/C12H10O2S/c1-14-10-5-2-4-9(8-10)12(13)11-6-3-7-15-11/h2-8H,1H3. The van der Waals surface area contributed by atoms with Crippen LogP contribution in [0.25, 0.3) is 0 Å². The molecular weight excluding hydrogens is 208 g/mol. The van der Waals surface area contributed by atoms with Crippen molar-refractivity contribution >= 4 is 17.1 Å². The van der Waals surface area contributed by atoms with E-state index in [-0.39, 0.29) is 5.78 Å². The predicted octanol–water partition coefficient (Wildman–Crippen LogP) is 2.99. The van der Waals surface area contributed by atoms with Crippen LogP contribution in [-0.2, 0) is 0 Å². The molecule has 0 saturated heterocycles. The van der Waals surface area contributed by atoms with Gasteiger partial charge in [-0.3, -0.25) is 4.79 Å².